The van der Waals surface area contributed by atoms with E-state index in [4.69, 9.17) is 10.5 Å². The van der Waals surface area contributed by atoms with Gasteiger partial charge >= 0.3 is 0 Å². The largest absolute Gasteiger partial charge is 0.504 e. The van der Waals surface area contributed by atoms with Gasteiger partial charge in [0.1, 0.15) is 12.4 Å². The summed E-state index contributed by atoms with van der Waals surface area (Å²) in [6, 6.07) is 25.1. The van der Waals surface area contributed by atoms with E-state index in [1.54, 1.807) is 30.3 Å². The standard InChI is InChI=1S/C30H27N3O5/c31-29(36)24-4-2-1-3-23(24)21-8-5-19(6-9-21)18-33-13-14-38-28-16-22(10-11-25(28)33)30(37)32-17-20-7-12-26(34)27(35)15-20/h1-12,15-16,34-35H,13-14,17-18H2,(H2,31,36)(H,32,37). The second-order valence-electron chi connectivity index (χ2n) is 9.07. The first kappa shape index (κ1) is 24.7. The number of amides is 2. The number of nitrogens with zero attached hydrogens (tertiary/aromatic N) is 1. The minimum atomic E-state index is -0.456. The zero-order chi connectivity index (χ0) is 26.6. The van der Waals surface area contributed by atoms with Crippen LogP contribution >= 0.6 is 0 Å². The van der Waals surface area contributed by atoms with Gasteiger partial charge in [-0.05, 0) is 58.7 Å². The number of carbonyl (C=O) groups excluding carboxylic acids is 2. The number of hydrogen-bond donors (Lipinski definition) is 4. The molecule has 2 amide bonds. The average molecular weight is 510 g/mol. The number of rotatable bonds is 7. The summed E-state index contributed by atoms with van der Waals surface area (Å²) >= 11 is 0. The summed E-state index contributed by atoms with van der Waals surface area (Å²) in [4.78, 5) is 26.7. The number of ether oxygens (including phenoxy) is 1. The molecule has 0 fully saturated rings. The maximum absolute atomic E-state index is 12.7. The predicted molar refractivity (Wildman–Crippen MR) is 144 cm³/mol. The second kappa shape index (κ2) is 10.6. The third-order valence-corrected chi connectivity index (χ3v) is 6.51. The first-order valence-electron chi connectivity index (χ1n) is 12.2. The molecule has 8 nitrogen and oxygen atoms in total. The first-order chi connectivity index (χ1) is 18.4. The number of phenolic OH excluding ortho intramolecular Hbond substituents is 2. The van der Waals surface area contributed by atoms with Crippen LogP contribution in [0.4, 0.5) is 5.69 Å². The van der Waals surface area contributed by atoms with Crippen LogP contribution in [-0.2, 0) is 13.1 Å². The summed E-state index contributed by atoms with van der Waals surface area (Å²) in [6.07, 6.45) is 0. The number of anilines is 1. The molecule has 0 saturated heterocycles. The molecule has 0 radical (unpaired) electrons. The van der Waals surface area contributed by atoms with Gasteiger partial charge in [-0.2, -0.15) is 0 Å². The molecule has 0 bridgehead atoms. The zero-order valence-electron chi connectivity index (χ0n) is 20.6. The Morgan fingerprint density at radius 1 is 0.895 bits per heavy atom. The van der Waals surface area contributed by atoms with Crippen molar-refractivity contribution >= 4 is 17.5 Å². The van der Waals surface area contributed by atoms with Crippen LogP contribution in [0.2, 0.25) is 0 Å². The molecule has 0 atom stereocenters. The lowest BCUT2D eigenvalue weighted by atomic mass is 9.98. The van der Waals surface area contributed by atoms with Crippen molar-refractivity contribution in [2.24, 2.45) is 5.73 Å². The number of nitrogens with one attached hydrogen (secondary N) is 1. The second-order valence-corrected chi connectivity index (χ2v) is 9.07. The number of nitrogens with two attached hydrogens (primary N) is 1. The average Bonchev–Trinajstić information content (AvgIpc) is 2.94. The van der Waals surface area contributed by atoms with E-state index < -0.39 is 5.91 Å². The van der Waals surface area contributed by atoms with Gasteiger partial charge in [0.15, 0.2) is 11.5 Å². The number of aromatic hydroxyl groups is 2. The first-order valence-corrected chi connectivity index (χ1v) is 12.2. The Morgan fingerprint density at radius 2 is 1.66 bits per heavy atom. The SMILES string of the molecule is NC(=O)c1ccccc1-c1ccc(CN2CCOc3cc(C(=O)NCc4ccc(O)c(O)c4)ccc32)cc1. The summed E-state index contributed by atoms with van der Waals surface area (Å²) in [6.45, 7) is 2.06. The van der Waals surface area contributed by atoms with E-state index in [-0.39, 0.29) is 24.0 Å². The van der Waals surface area contributed by atoms with Gasteiger partial charge in [-0.1, -0.05) is 48.5 Å². The van der Waals surface area contributed by atoms with Crippen LogP contribution < -0.4 is 20.7 Å². The lowest BCUT2D eigenvalue weighted by molar-refractivity contribution is 0.0949. The highest BCUT2D eigenvalue weighted by molar-refractivity contribution is 5.99. The Labute approximate surface area is 219 Å². The van der Waals surface area contributed by atoms with Crippen molar-refractivity contribution in [3.05, 3.63) is 107 Å². The lowest BCUT2D eigenvalue weighted by Gasteiger charge is -2.31. The fourth-order valence-electron chi connectivity index (χ4n) is 4.51. The molecule has 0 unspecified atom stereocenters. The topological polar surface area (TPSA) is 125 Å². The molecule has 1 heterocycles. The van der Waals surface area contributed by atoms with Crippen LogP contribution in [0, 0.1) is 0 Å². The van der Waals surface area contributed by atoms with Gasteiger partial charge in [-0.25, -0.2) is 0 Å². The van der Waals surface area contributed by atoms with Crippen LogP contribution in [0.1, 0.15) is 31.8 Å². The Kier molecular flexibility index (Phi) is 6.86. The van der Waals surface area contributed by atoms with Gasteiger partial charge in [0, 0.05) is 24.2 Å². The molecule has 0 aliphatic carbocycles. The number of carbonyl (C=O) groups is 2. The molecule has 0 aromatic heterocycles. The van der Waals surface area contributed by atoms with Gasteiger partial charge in [-0.3, -0.25) is 9.59 Å². The molecule has 4 aromatic carbocycles. The van der Waals surface area contributed by atoms with Crippen molar-refractivity contribution in [2.45, 2.75) is 13.1 Å². The fraction of sp³-hybridized carbons (Fsp3) is 0.133. The molecule has 8 heteroatoms. The summed E-state index contributed by atoms with van der Waals surface area (Å²) in [5.41, 5.74) is 10.9. The molecule has 1 aliphatic rings. The van der Waals surface area contributed by atoms with E-state index >= 15 is 0 Å². The Balaban J connectivity index is 1.27. The van der Waals surface area contributed by atoms with Gasteiger partial charge < -0.3 is 30.9 Å². The molecular formula is C30H27N3O5. The van der Waals surface area contributed by atoms with Gasteiger partial charge in [-0.15, -0.1) is 0 Å². The van der Waals surface area contributed by atoms with Crippen LogP contribution in [0.3, 0.4) is 0 Å². The van der Waals surface area contributed by atoms with E-state index in [1.165, 1.54) is 12.1 Å². The Morgan fingerprint density at radius 3 is 2.42 bits per heavy atom. The normalized spacial score (nSPS) is 12.4. The molecule has 1 aliphatic heterocycles. The molecule has 0 spiro atoms. The number of benzene rings is 4. The molecular weight excluding hydrogens is 482 g/mol. The quantitative estimate of drug-likeness (QED) is 0.277. The van der Waals surface area contributed by atoms with E-state index in [0.29, 0.717) is 42.1 Å². The van der Waals surface area contributed by atoms with Gasteiger partial charge in [0.2, 0.25) is 5.91 Å². The van der Waals surface area contributed by atoms with Gasteiger partial charge in [0.05, 0.1) is 12.2 Å². The van der Waals surface area contributed by atoms with Crippen LogP contribution in [0.25, 0.3) is 11.1 Å². The monoisotopic (exact) mass is 509 g/mol. The molecule has 38 heavy (non-hydrogen) atoms. The number of phenols is 2. The summed E-state index contributed by atoms with van der Waals surface area (Å²) < 4.78 is 5.86. The minimum absolute atomic E-state index is 0.205. The van der Waals surface area contributed by atoms with Crippen molar-refractivity contribution in [1.29, 1.82) is 0 Å². The van der Waals surface area contributed by atoms with E-state index in [0.717, 1.165) is 22.4 Å². The number of primary amides is 1. The fourth-order valence-corrected chi connectivity index (χ4v) is 4.51. The zero-order valence-corrected chi connectivity index (χ0v) is 20.6. The molecule has 4 aromatic rings. The van der Waals surface area contributed by atoms with Crippen molar-refractivity contribution in [3.63, 3.8) is 0 Å². The van der Waals surface area contributed by atoms with E-state index in [9.17, 15) is 19.8 Å². The third kappa shape index (κ3) is 5.24. The van der Waals surface area contributed by atoms with E-state index in [1.807, 2.05) is 42.5 Å². The smallest absolute Gasteiger partial charge is 0.251 e. The highest BCUT2D eigenvalue weighted by atomic mass is 16.5. The number of hydrogen-bond acceptors (Lipinski definition) is 6. The summed E-state index contributed by atoms with van der Waals surface area (Å²) in [5.74, 6) is -0.529. The van der Waals surface area contributed by atoms with Crippen LogP contribution in [-0.4, -0.2) is 35.2 Å². The molecule has 5 rings (SSSR count). The van der Waals surface area contributed by atoms with Gasteiger partial charge in [0.25, 0.3) is 5.91 Å². The van der Waals surface area contributed by atoms with Crippen molar-refractivity contribution in [3.8, 4) is 28.4 Å². The van der Waals surface area contributed by atoms with Crippen LogP contribution in [0.5, 0.6) is 17.2 Å². The minimum Gasteiger partial charge on any atom is -0.504 e. The third-order valence-electron chi connectivity index (χ3n) is 6.51. The Hall–Kier alpha value is -4.98. The molecule has 0 saturated carbocycles. The number of fused-ring (bicyclic) bond motifs is 1. The maximum atomic E-state index is 12.7. The highest BCUT2D eigenvalue weighted by Crippen LogP contribution is 2.34. The predicted octanol–water partition coefficient (Wildman–Crippen LogP) is 4.19. The van der Waals surface area contributed by atoms with Crippen molar-refractivity contribution in [2.75, 3.05) is 18.1 Å². The van der Waals surface area contributed by atoms with Crippen molar-refractivity contribution < 1.29 is 24.5 Å². The lowest BCUT2D eigenvalue weighted by Crippen LogP contribution is -2.32. The molecule has 192 valence electrons. The molecule has 5 N–H and O–H groups in total. The van der Waals surface area contributed by atoms with Crippen LogP contribution in [0.15, 0.2) is 84.9 Å². The summed E-state index contributed by atoms with van der Waals surface area (Å²) in [5, 5.41) is 21.9. The summed E-state index contributed by atoms with van der Waals surface area (Å²) in [7, 11) is 0. The van der Waals surface area contributed by atoms with E-state index in [2.05, 4.69) is 10.2 Å². The maximum Gasteiger partial charge on any atom is 0.251 e. The highest BCUT2D eigenvalue weighted by Gasteiger charge is 2.20. The Bertz CT molecular complexity index is 1500. The van der Waals surface area contributed by atoms with Crippen molar-refractivity contribution in [1.82, 2.24) is 5.32 Å².